The molecule has 11 heteroatoms. The topological polar surface area (TPSA) is 134 Å². The highest BCUT2D eigenvalue weighted by Gasteiger charge is 2.39. The fraction of sp³-hybridized carbons (Fsp3) is 0.444. The van der Waals surface area contributed by atoms with E-state index in [4.69, 9.17) is 18.4 Å². The Bertz CT molecular complexity index is 1140. The molecular weight excluding hydrogens is 514 g/mol. The molecular formula is C27H35NO9S. The maximum Gasteiger partial charge on any atom is 0.338 e. The van der Waals surface area contributed by atoms with E-state index in [0.717, 1.165) is 5.56 Å². The quantitative estimate of drug-likeness (QED) is 0.191. The van der Waals surface area contributed by atoms with Crippen LogP contribution in [-0.4, -0.2) is 64.5 Å². The maximum absolute atomic E-state index is 13.0. The molecule has 0 heterocycles. The molecule has 2 rings (SSSR count). The van der Waals surface area contributed by atoms with Crippen molar-refractivity contribution >= 4 is 28.0 Å². The normalized spacial score (nSPS) is 12.4. The van der Waals surface area contributed by atoms with Crippen molar-refractivity contribution in [1.29, 1.82) is 0 Å². The van der Waals surface area contributed by atoms with Gasteiger partial charge in [-0.3, -0.25) is 8.98 Å². The van der Waals surface area contributed by atoms with E-state index < -0.39 is 33.6 Å². The summed E-state index contributed by atoms with van der Waals surface area (Å²) in [6.07, 6.45) is -0.998. The minimum Gasteiger partial charge on any atom is -0.460 e. The molecule has 2 aromatic carbocycles. The van der Waals surface area contributed by atoms with Crippen molar-refractivity contribution in [1.82, 2.24) is 5.32 Å². The summed E-state index contributed by atoms with van der Waals surface area (Å²) in [7, 11) is -3.91. The van der Waals surface area contributed by atoms with Crippen molar-refractivity contribution in [2.45, 2.75) is 39.9 Å². The molecule has 208 valence electrons. The molecule has 0 aromatic heterocycles. The largest absolute Gasteiger partial charge is 0.460 e. The van der Waals surface area contributed by atoms with Crippen molar-refractivity contribution in [3.8, 4) is 0 Å². The number of ether oxygens (including phenoxy) is 3. The van der Waals surface area contributed by atoms with Crippen LogP contribution in [0.15, 0.2) is 60.7 Å². The van der Waals surface area contributed by atoms with Crippen molar-refractivity contribution < 1.29 is 41.2 Å². The van der Waals surface area contributed by atoms with Crippen LogP contribution in [0.5, 0.6) is 0 Å². The molecule has 0 unspecified atom stereocenters. The van der Waals surface area contributed by atoms with Gasteiger partial charge in [0.15, 0.2) is 6.10 Å². The van der Waals surface area contributed by atoms with Crippen LogP contribution in [0, 0.1) is 5.41 Å². The molecule has 1 N–H and O–H groups in total. The van der Waals surface area contributed by atoms with Gasteiger partial charge in [0.1, 0.15) is 13.2 Å². The summed E-state index contributed by atoms with van der Waals surface area (Å²) in [6, 6.07) is 17.6. The number of amides is 1. The summed E-state index contributed by atoms with van der Waals surface area (Å²) < 4.78 is 46.2. The van der Waals surface area contributed by atoms with Gasteiger partial charge in [-0.25, -0.2) is 9.59 Å². The highest BCUT2D eigenvalue weighted by Crippen LogP contribution is 2.27. The van der Waals surface area contributed by atoms with Gasteiger partial charge in [0.2, 0.25) is 5.91 Å². The predicted octanol–water partition coefficient (Wildman–Crippen LogP) is 2.87. The van der Waals surface area contributed by atoms with Crippen LogP contribution in [0.4, 0.5) is 0 Å². The first-order valence-corrected chi connectivity index (χ1v) is 13.7. The first-order valence-electron chi connectivity index (χ1n) is 12.2. The van der Waals surface area contributed by atoms with Crippen LogP contribution in [0.25, 0.3) is 0 Å². The molecule has 0 spiro atoms. The van der Waals surface area contributed by atoms with Crippen LogP contribution in [0.2, 0.25) is 0 Å². The third kappa shape index (κ3) is 11.4. The lowest BCUT2D eigenvalue weighted by Crippen LogP contribution is -2.44. The summed E-state index contributed by atoms with van der Waals surface area (Å²) >= 11 is 0. The Morgan fingerprint density at radius 1 is 0.921 bits per heavy atom. The molecule has 0 radical (unpaired) electrons. The first-order chi connectivity index (χ1) is 18.0. The average molecular weight is 550 g/mol. The summed E-state index contributed by atoms with van der Waals surface area (Å²) in [4.78, 5) is 36.0. The zero-order valence-electron chi connectivity index (χ0n) is 21.9. The van der Waals surface area contributed by atoms with E-state index in [0.29, 0.717) is 5.56 Å². The van der Waals surface area contributed by atoms with Gasteiger partial charge in [-0.2, -0.15) is 8.42 Å². The van der Waals surface area contributed by atoms with E-state index >= 15 is 0 Å². The minimum absolute atomic E-state index is 0.0799. The molecule has 0 fully saturated rings. The van der Waals surface area contributed by atoms with Crippen LogP contribution in [0.1, 0.15) is 43.1 Å². The Kier molecular flexibility index (Phi) is 12.4. The second-order valence-electron chi connectivity index (χ2n) is 9.20. The van der Waals surface area contributed by atoms with E-state index in [9.17, 15) is 22.8 Å². The van der Waals surface area contributed by atoms with Gasteiger partial charge >= 0.3 is 11.9 Å². The van der Waals surface area contributed by atoms with Crippen LogP contribution >= 0.6 is 0 Å². The summed E-state index contributed by atoms with van der Waals surface area (Å²) in [6.45, 7) is 4.17. The first kappa shape index (κ1) is 30.9. The van der Waals surface area contributed by atoms with Crippen molar-refractivity contribution in [3.05, 3.63) is 71.8 Å². The maximum atomic E-state index is 13.0. The van der Waals surface area contributed by atoms with Gasteiger partial charge in [0.25, 0.3) is 10.1 Å². The third-order valence-corrected chi connectivity index (χ3v) is 6.57. The molecule has 10 nitrogen and oxygen atoms in total. The highest BCUT2D eigenvalue weighted by atomic mass is 32.2. The summed E-state index contributed by atoms with van der Waals surface area (Å²) in [5.74, 6) is -1.84. The second-order valence-corrected chi connectivity index (χ2v) is 11.0. The second kappa shape index (κ2) is 15.2. The number of hydrogen-bond donors (Lipinski definition) is 1. The van der Waals surface area contributed by atoms with E-state index in [1.54, 1.807) is 44.2 Å². The van der Waals surface area contributed by atoms with Crippen molar-refractivity contribution in [2.75, 3.05) is 32.1 Å². The Hall–Kier alpha value is -3.28. The summed E-state index contributed by atoms with van der Waals surface area (Å²) in [5, 5.41) is 2.52. The number of benzene rings is 2. The smallest absolute Gasteiger partial charge is 0.338 e. The van der Waals surface area contributed by atoms with E-state index in [1.807, 2.05) is 30.3 Å². The lowest BCUT2D eigenvalue weighted by Gasteiger charge is -2.32. The highest BCUT2D eigenvalue weighted by molar-refractivity contribution is 7.86. The molecule has 0 saturated heterocycles. The SMILES string of the molecule is CC(=O)NCCCS(=O)(=O)OCC(C)(C)[C@@H](OCc1ccccc1)C(=O)OCCOC(=O)c1ccccc1. The minimum atomic E-state index is -3.91. The monoisotopic (exact) mass is 549 g/mol. The fourth-order valence-electron chi connectivity index (χ4n) is 3.27. The fourth-order valence-corrected chi connectivity index (χ4v) is 4.37. The number of carbonyl (C=O) groups excluding carboxylic acids is 3. The number of nitrogens with one attached hydrogen (secondary N) is 1. The van der Waals surface area contributed by atoms with Gasteiger partial charge < -0.3 is 19.5 Å². The van der Waals surface area contributed by atoms with Gasteiger partial charge in [0.05, 0.1) is 24.5 Å². The molecule has 2 aromatic rings. The zero-order valence-corrected chi connectivity index (χ0v) is 22.7. The molecule has 38 heavy (non-hydrogen) atoms. The Morgan fingerprint density at radius 3 is 2.16 bits per heavy atom. The van der Waals surface area contributed by atoms with Crippen LogP contribution in [-0.2, 0) is 44.7 Å². The Balaban J connectivity index is 1.96. The Morgan fingerprint density at radius 2 is 1.53 bits per heavy atom. The lowest BCUT2D eigenvalue weighted by molar-refractivity contribution is -0.170. The molecule has 1 atom stereocenters. The molecule has 0 aliphatic rings. The molecule has 0 saturated carbocycles. The predicted molar refractivity (Wildman–Crippen MR) is 140 cm³/mol. The standard InChI is InChI=1S/C27H35NO9S/c1-21(29)28-15-10-18-38(32,33)37-20-27(2,3)24(36-19-22-11-6-4-7-12-22)26(31)35-17-16-34-25(30)23-13-8-5-9-14-23/h4-9,11-14,24H,10,15-20H2,1-3H3,(H,28,29)/t24-/m0/s1. The summed E-state index contributed by atoms with van der Waals surface area (Å²) in [5.41, 5.74) is 0.0842. The van der Waals surface area contributed by atoms with Gasteiger partial charge in [-0.1, -0.05) is 62.4 Å². The third-order valence-electron chi connectivity index (χ3n) is 5.31. The van der Waals surface area contributed by atoms with Gasteiger partial charge in [-0.05, 0) is 24.1 Å². The van der Waals surface area contributed by atoms with Gasteiger partial charge in [0, 0.05) is 18.9 Å². The number of hydrogen-bond acceptors (Lipinski definition) is 9. The average Bonchev–Trinajstić information content (AvgIpc) is 2.89. The zero-order chi connectivity index (χ0) is 28.0. The lowest BCUT2D eigenvalue weighted by atomic mass is 9.87. The van der Waals surface area contributed by atoms with Crippen LogP contribution < -0.4 is 5.32 Å². The van der Waals surface area contributed by atoms with E-state index in [2.05, 4.69) is 5.32 Å². The van der Waals surface area contributed by atoms with Crippen molar-refractivity contribution in [3.63, 3.8) is 0 Å². The molecule has 1 amide bonds. The molecule has 0 aliphatic heterocycles. The number of esters is 2. The van der Waals surface area contributed by atoms with Crippen molar-refractivity contribution in [2.24, 2.45) is 5.41 Å². The molecule has 0 bridgehead atoms. The number of carbonyl (C=O) groups is 3. The Labute approximate surface area is 223 Å². The number of rotatable bonds is 16. The van der Waals surface area contributed by atoms with E-state index in [-0.39, 0.29) is 51.1 Å². The van der Waals surface area contributed by atoms with Crippen LogP contribution in [0.3, 0.4) is 0 Å². The van der Waals surface area contributed by atoms with E-state index in [1.165, 1.54) is 6.92 Å². The van der Waals surface area contributed by atoms with Gasteiger partial charge in [-0.15, -0.1) is 0 Å². The molecule has 0 aliphatic carbocycles.